The fourth-order valence-corrected chi connectivity index (χ4v) is 2.10. The highest BCUT2D eigenvalue weighted by molar-refractivity contribution is 6.30. The van der Waals surface area contributed by atoms with Crippen molar-refractivity contribution in [2.45, 2.75) is 6.61 Å². The summed E-state index contributed by atoms with van der Waals surface area (Å²) in [6.45, 7) is -0.113. The van der Waals surface area contributed by atoms with E-state index in [-0.39, 0.29) is 6.61 Å². The third kappa shape index (κ3) is 2.21. The Hall–Kier alpha value is -1.52. The zero-order chi connectivity index (χ0) is 13.3. The van der Waals surface area contributed by atoms with Crippen LogP contribution in [-0.4, -0.2) is 28.8 Å². The van der Waals surface area contributed by atoms with Crippen molar-refractivity contribution in [3.63, 3.8) is 0 Å². The fourth-order valence-electron chi connectivity index (χ4n) is 1.84. The number of anilines is 1. The second kappa shape index (κ2) is 5.00. The summed E-state index contributed by atoms with van der Waals surface area (Å²) in [7, 11) is 5.84. The predicted molar refractivity (Wildman–Crippen MR) is 73.9 cm³/mol. The van der Waals surface area contributed by atoms with Crippen molar-refractivity contribution in [2.24, 2.45) is 7.05 Å². The van der Waals surface area contributed by atoms with E-state index in [4.69, 9.17) is 11.6 Å². The molecule has 0 amide bonds. The molecule has 2 aromatic rings. The van der Waals surface area contributed by atoms with Gasteiger partial charge in [-0.15, -0.1) is 0 Å². The molecule has 2 rings (SSSR count). The summed E-state index contributed by atoms with van der Waals surface area (Å²) < 4.78 is 1.81. The lowest BCUT2D eigenvalue weighted by atomic mass is 10.2. The Labute approximate surface area is 111 Å². The quantitative estimate of drug-likeness (QED) is 0.926. The third-order valence-corrected chi connectivity index (χ3v) is 3.26. The average Bonchev–Trinajstić information content (AvgIpc) is 2.64. The fraction of sp³-hybridized carbons (Fsp3) is 0.308. The van der Waals surface area contributed by atoms with Crippen LogP contribution in [0.1, 0.15) is 5.69 Å². The van der Waals surface area contributed by atoms with Crippen LogP contribution in [0.15, 0.2) is 24.3 Å². The van der Waals surface area contributed by atoms with Crippen molar-refractivity contribution >= 4 is 17.3 Å². The Morgan fingerprint density at radius 3 is 2.33 bits per heavy atom. The van der Waals surface area contributed by atoms with Crippen molar-refractivity contribution in [3.8, 4) is 11.4 Å². The minimum absolute atomic E-state index is 0.113. The number of hydrogen-bond acceptors (Lipinski definition) is 3. The van der Waals surface area contributed by atoms with Gasteiger partial charge in [-0.3, -0.25) is 0 Å². The normalized spacial score (nSPS) is 10.7. The van der Waals surface area contributed by atoms with Gasteiger partial charge in [0.2, 0.25) is 0 Å². The summed E-state index contributed by atoms with van der Waals surface area (Å²) in [4.78, 5) is 6.32. The Bertz CT molecular complexity index is 546. The standard InChI is InChI=1S/C13H16ClN3O/c1-16(2)10-6-4-9(5-7-10)13-15-12(14)11(8-18)17(13)3/h4-7,18H,8H2,1-3H3. The van der Waals surface area contributed by atoms with Gasteiger partial charge in [-0.2, -0.15) is 0 Å². The van der Waals surface area contributed by atoms with Gasteiger partial charge in [-0.05, 0) is 24.3 Å². The van der Waals surface area contributed by atoms with E-state index in [1.165, 1.54) is 0 Å². The van der Waals surface area contributed by atoms with Crippen LogP contribution in [0.2, 0.25) is 5.15 Å². The number of rotatable bonds is 3. The maximum atomic E-state index is 9.22. The van der Waals surface area contributed by atoms with Crippen LogP contribution in [0.5, 0.6) is 0 Å². The van der Waals surface area contributed by atoms with E-state index in [9.17, 15) is 5.11 Å². The zero-order valence-electron chi connectivity index (χ0n) is 10.7. The molecule has 0 saturated carbocycles. The molecule has 18 heavy (non-hydrogen) atoms. The molecule has 0 bridgehead atoms. The molecule has 0 aliphatic carbocycles. The van der Waals surface area contributed by atoms with E-state index in [0.717, 1.165) is 17.1 Å². The SMILES string of the molecule is CN(C)c1ccc(-c2nc(Cl)c(CO)n2C)cc1. The van der Waals surface area contributed by atoms with Crippen molar-refractivity contribution in [1.82, 2.24) is 9.55 Å². The smallest absolute Gasteiger partial charge is 0.153 e. The lowest BCUT2D eigenvalue weighted by Crippen LogP contribution is -2.08. The van der Waals surface area contributed by atoms with Crippen molar-refractivity contribution in [2.75, 3.05) is 19.0 Å². The Morgan fingerprint density at radius 1 is 1.28 bits per heavy atom. The van der Waals surface area contributed by atoms with Crippen LogP contribution >= 0.6 is 11.6 Å². The second-order valence-corrected chi connectivity index (χ2v) is 4.69. The molecule has 4 nitrogen and oxygen atoms in total. The molecule has 0 spiro atoms. The van der Waals surface area contributed by atoms with Crippen LogP contribution in [0.4, 0.5) is 5.69 Å². The zero-order valence-corrected chi connectivity index (χ0v) is 11.4. The van der Waals surface area contributed by atoms with E-state index in [2.05, 4.69) is 4.98 Å². The number of hydrogen-bond donors (Lipinski definition) is 1. The van der Waals surface area contributed by atoms with Crippen molar-refractivity contribution in [1.29, 1.82) is 0 Å². The Morgan fingerprint density at radius 2 is 1.89 bits per heavy atom. The summed E-state index contributed by atoms with van der Waals surface area (Å²) in [5.74, 6) is 0.759. The van der Waals surface area contributed by atoms with Crippen LogP contribution in [-0.2, 0) is 13.7 Å². The predicted octanol–water partition coefficient (Wildman–Crippen LogP) is 2.30. The number of aromatic nitrogens is 2. The minimum Gasteiger partial charge on any atom is -0.390 e. The van der Waals surface area contributed by atoms with Gasteiger partial charge in [0.25, 0.3) is 0 Å². The first-order valence-corrected chi connectivity index (χ1v) is 6.02. The molecule has 1 N–H and O–H groups in total. The molecular formula is C13H16ClN3O. The first-order valence-electron chi connectivity index (χ1n) is 5.64. The van der Waals surface area contributed by atoms with Crippen LogP contribution in [0.3, 0.4) is 0 Å². The monoisotopic (exact) mass is 265 g/mol. The lowest BCUT2D eigenvalue weighted by molar-refractivity contribution is 0.273. The first-order chi connectivity index (χ1) is 8.54. The topological polar surface area (TPSA) is 41.3 Å². The van der Waals surface area contributed by atoms with E-state index >= 15 is 0 Å². The summed E-state index contributed by atoms with van der Waals surface area (Å²) in [5, 5.41) is 9.58. The highest BCUT2D eigenvalue weighted by Gasteiger charge is 2.13. The van der Waals surface area contributed by atoms with Crippen molar-refractivity contribution in [3.05, 3.63) is 35.1 Å². The van der Waals surface area contributed by atoms with E-state index in [0.29, 0.717) is 10.8 Å². The van der Waals surface area contributed by atoms with Gasteiger partial charge in [0.1, 0.15) is 5.82 Å². The summed E-state index contributed by atoms with van der Waals surface area (Å²) in [6.07, 6.45) is 0. The largest absolute Gasteiger partial charge is 0.390 e. The number of halogens is 1. The maximum absolute atomic E-state index is 9.22. The highest BCUT2D eigenvalue weighted by atomic mass is 35.5. The van der Waals surface area contributed by atoms with Crippen LogP contribution in [0, 0.1) is 0 Å². The molecule has 1 aromatic carbocycles. The first kappa shape index (κ1) is 12.9. The lowest BCUT2D eigenvalue weighted by Gasteiger charge is -2.12. The number of aliphatic hydroxyl groups is 1. The van der Waals surface area contributed by atoms with Gasteiger partial charge < -0.3 is 14.6 Å². The van der Waals surface area contributed by atoms with Crippen molar-refractivity contribution < 1.29 is 5.11 Å². The molecular weight excluding hydrogens is 250 g/mol. The van der Waals surface area contributed by atoms with E-state index in [1.54, 1.807) is 0 Å². The van der Waals surface area contributed by atoms with Crippen LogP contribution in [0.25, 0.3) is 11.4 Å². The summed E-state index contributed by atoms with van der Waals surface area (Å²) >= 11 is 5.98. The molecule has 0 atom stereocenters. The van der Waals surface area contributed by atoms with Gasteiger partial charge in [0, 0.05) is 32.4 Å². The maximum Gasteiger partial charge on any atom is 0.153 e. The van der Waals surface area contributed by atoms with Crippen LogP contribution < -0.4 is 4.90 Å². The molecule has 0 aliphatic heterocycles. The number of benzene rings is 1. The van der Waals surface area contributed by atoms with E-state index in [1.807, 2.05) is 54.9 Å². The van der Waals surface area contributed by atoms with Gasteiger partial charge >= 0.3 is 0 Å². The molecule has 0 radical (unpaired) electrons. The molecule has 96 valence electrons. The van der Waals surface area contributed by atoms with Gasteiger partial charge in [0.15, 0.2) is 5.15 Å². The number of nitrogens with zero attached hydrogens (tertiary/aromatic N) is 3. The molecule has 5 heteroatoms. The molecule has 0 saturated heterocycles. The van der Waals surface area contributed by atoms with Gasteiger partial charge in [-0.1, -0.05) is 11.6 Å². The molecule has 0 fully saturated rings. The summed E-state index contributed by atoms with van der Waals surface area (Å²) in [5.41, 5.74) is 2.73. The minimum atomic E-state index is -0.113. The Kier molecular flexibility index (Phi) is 3.59. The molecule has 0 unspecified atom stereocenters. The molecule has 0 aliphatic rings. The van der Waals surface area contributed by atoms with Gasteiger partial charge in [0.05, 0.1) is 12.3 Å². The Balaban J connectivity index is 2.43. The summed E-state index contributed by atoms with van der Waals surface area (Å²) in [6, 6.07) is 8.04. The molecule has 1 heterocycles. The highest BCUT2D eigenvalue weighted by Crippen LogP contribution is 2.26. The van der Waals surface area contributed by atoms with E-state index < -0.39 is 0 Å². The number of aliphatic hydroxyl groups excluding tert-OH is 1. The second-order valence-electron chi connectivity index (χ2n) is 4.33. The molecule has 1 aromatic heterocycles. The third-order valence-electron chi connectivity index (χ3n) is 2.96. The number of imidazole rings is 1. The van der Waals surface area contributed by atoms with Gasteiger partial charge in [-0.25, -0.2) is 4.98 Å². The average molecular weight is 266 g/mol.